The van der Waals surface area contributed by atoms with E-state index in [9.17, 15) is 31.1 Å². The number of ether oxygens (including phenoxy) is 2. The van der Waals surface area contributed by atoms with Gasteiger partial charge >= 0.3 is 12.3 Å². The number of esters is 1. The molecule has 0 saturated carbocycles. The molecule has 20 heavy (non-hydrogen) atoms. The Morgan fingerprint density at radius 3 is 2.45 bits per heavy atom. The number of carbonyl (C=O) groups excluding carboxylic acids is 1. The lowest BCUT2D eigenvalue weighted by atomic mass is 10.1. The summed E-state index contributed by atoms with van der Waals surface area (Å²) in [5, 5.41) is 0. The quantitative estimate of drug-likeness (QED) is 0.487. The van der Waals surface area contributed by atoms with E-state index in [1.54, 1.807) is 0 Å². The lowest BCUT2D eigenvalue weighted by Gasteiger charge is -2.12. The van der Waals surface area contributed by atoms with Gasteiger partial charge in [0.2, 0.25) is 11.8 Å². The van der Waals surface area contributed by atoms with Gasteiger partial charge in [-0.15, -0.1) is 13.2 Å². The third-order valence-corrected chi connectivity index (χ3v) is 1.92. The Morgan fingerprint density at radius 2 is 2.00 bits per heavy atom. The Bertz CT molecular complexity index is 503. The molecule has 0 bridgehead atoms. The predicted molar refractivity (Wildman–Crippen MR) is 51.8 cm³/mol. The summed E-state index contributed by atoms with van der Waals surface area (Å²) in [6.07, 6.45) is -8.65. The van der Waals surface area contributed by atoms with Gasteiger partial charge in [-0.1, -0.05) is 0 Å². The number of hydrogen-bond donors (Lipinski definition) is 0. The number of halogens is 6. The number of alkyl halides is 5. The molecule has 1 rings (SSSR count). The van der Waals surface area contributed by atoms with E-state index in [0.717, 1.165) is 0 Å². The Labute approximate surface area is 108 Å². The van der Waals surface area contributed by atoms with E-state index >= 15 is 0 Å². The highest BCUT2D eigenvalue weighted by molar-refractivity contribution is 5.91. The largest absolute Gasteiger partial charge is 0.574 e. The van der Waals surface area contributed by atoms with E-state index in [4.69, 9.17) is 0 Å². The zero-order chi connectivity index (χ0) is 15.5. The first-order valence-electron chi connectivity index (χ1n) is 5.07. The van der Waals surface area contributed by atoms with Crippen LogP contribution in [0.15, 0.2) is 6.07 Å². The van der Waals surface area contributed by atoms with Crippen LogP contribution < -0.4 is 4.74 Å². The van der Waals surface area contributed by atoms with E-state index in [2.05, 4.69) is 14.5 Å². The van der Waals surface area contributed by atoms with Crippen molar-refractivity contribution in [3.05, 3.63) is 23.1 Å². The van der Waals surface area contributed by atoms with Crippen molar-refractivity contribution in [3.63, 3.8) is 0 Å². The molecular weight excluding hydrogens is 296 g/mol. The average molecular weight is 303 g/mol. The van der Waals surface area contributed by atoms with Gasteiger partial charge in [0.1, 0.15) is 5.56 Å². The van der Waals surface area contributed by atoms with Gasteiger partial charge in [0.05, 0.1) is 6.61 Å². The standard InChI is InChI=1S/C10H7F6NO3/c1-2-19-9(18)6-4(7(11)12)3-5(17-8(6)13)20-10(14,15)16/h3,7H,2H2,1H3. The van der Waals surface area contributed by atoms with Gasteiger partial charge in [0, 0.05) is 11.6 Å². The molecule has 0 atom stereocenters. The Balaban J connectivity index is 3.29. The van der Waals surface area contributed by atoms with E-state index in [1.807, 2.05) is 0 Å². The minimum atomic E-state index is -5.23. The number of hydrogen-bond acceptors (Lipinski definition) is 4. The molecule has 0 unspecified atom stereocenters. The maximum atomic E-state index is 13.4. The van der Waals surface area contributed by atoms with Crippen LogP contribution in [0.1, 0.15) is 29.3 Å². The fourth-order valence-corrected chi connectivity index (χ4v) is 1.26. The maximum absolute atomic E-state index is 13.4. The molecule has 0 fully saturated rings. The van der Waals surface area contributed by atoms with Crippen molar-refractivity contribution >= 4 is 5.97 Å². The normalized spacial score (nSPS) is 11.6. The second-order valence-electron chi connectivity index (χ2n) is 3.28. The minimum Gasteiger partial charge on any atom is -0.462 e. The van der Waals surface area contributed by atoms with Gasteiger partial charge in [0.25, 0.3) is 6.43 Å². The average Bonchev–Trinajstić information content (AvgIpc) is 2.25. The molecule has 0 spiro atoms. The molecule has 0 aliphatic rings. The van der Waals surface area contributed by atoms with Crippen LogP contribution >= 0.6 is 0 Å². The van der Waals surface area contributed by atoms with E-state index in [0.29, 0.717) is 0 Å². The van der Waals surface area contributed by atoms with Crippen LogP contribution in [-0.2, 0) is 4.74 Å². The van der Waals surface area contributed by atoms with Crippen LogP contribution in [-0.4, -0.2) is 23.9 Å². The number of pyridine rings is 1. The molecular formula is C10H7F6NO3. The molecule has 0 radical (unpaired) electrons. The summed E-state index contributed by atoms with van der Waals surface area (Å²) in [5.74, 6) is -4.72. The van der Waals surface area contributed by atoms with Crippen LogP contribution in [0.3, 0.4) is 0 Å². The molecule has 112 valence electrons. The van der Waals surface area contributed by atoms with Gasteiger partial charge in [-0.3, -0.25) is 0 Å². The fraction of sp³-hybridized carbons (Fsp3) is 0.400. The monoisotopic (exact) mass is 303 g/mol. The van der Waals surface area contributed by atoms with Crippen molar-refractivity contribution in [2.45, 2.75) is 19.7 Å². The molecule has 0 aliphatic heterocycles. The summed E-state index contributed by atoms with van der Waals surface area (Å²) in [7, 11) is 0. The van der Waals surface area contributed by atoms with Gasteiger partial charge < -0.3 is 9.47 Å². The molecule has 0 aromatic carbocycles. The van der Waals surface area contributed by atoms with Crippen molar-refractivity contribution in [2.75, 3.05) is 6.61 Å². The number of aromatic nitrogens is 1. The van der Waals surface area contributed by atoms with Crippen molar-refractivity contribution in [1.82, 2.24) is 4.98 Å². The summed E-state index contributed by atoms with van der Waals surface area (Å²) in [6.45, 7) is 1.11. The molecule has 1 aromatic rings. The highest BCUT2D eigenvalue weighted by Crippen LogP contribution is 2.30. The topological polar surface area (TPSA) is 48.4 Å². The van der Waals surface area contributed by atoms with Gasteiger partial charge in [-0.25, -0.2) is 13.6 Å². The van der Waals surface area contributed by atoms with Crippen LogP contribution in [0, 0.1) is 5.95 Å². The van der Waals surface area contributed by atoms with Crippen LogP contribution in [0.2, 0.25) is 0 Å². The summed E-state index contributed by atoms with van der Waals surface area (Å²) < 4.78 is 82.1. The highest BCUT2D eigenvalue weighted by Gasteiger charge is 2.34. The first kappa shape index (κ1) is 16.1. The van der Waals surface area contributed by atoms with E-state index in [1.165, 1.54) is 6.92 Å². The number of nitrogens with zero attached hydrogens (tertiary/aromatic N) is 1. The highest BCUT2D eigenvalue weighted by atomic mass is 19.4. The van der Waals surface area contributed by atoms with Crippen molar-refractivity contribution < 1.29 is 40.6 Å². The SMILES string of the molecule is CCOC(=O)c1c(C(F)F)cc(OC(F)(F)F)nc1F. The molecule has 4 nitrogen and oxygen atoms in total. The van der Waals surface area contributed by atoms with E-state index < -0.39 is 41.7 Å². The summed E-state index contributed by atoms with van der Waals surface area (Å²) in [6, 6.07) is 0.132. The first-order valence-corrected chi connectivity index (χ1v) is 5.07. The predicted octanol–water partition coefficient (Wildman–Crippen LogP) is 3.23. The second-order valence-corrected chi connectivity index (χ2v) is 3.28. The summed E-state index contributed by atoms with van der Waals surface area (Å²) in [4.78, 5) is 14.0. The fourth-order valence-electron chi connectivity index (χ4n) is 1.26. The van der Waals surface area contributed by atoms with Crippen LogP contribution in [0.5, 0.6) is 5.88 Å². The molecule has 0 saturated heterocycles. The van der Waals surface area contributed by atoms with Crippen molar-refractivity contribution in [3.8, 4) is 5.88 Å². The smallest absolute Gasteiger partial charge is 0.462 e. The van der Waals surface area contributed by atoms with Gasteiger partial charge in [-0.05, 0) is 6.92 Å². The number of rotatable bonds is 4. The summed E-state index contributed by atoms with van der Waals surface area (Å²) in [5.41, 5.74) is -2.52. The molecule has 0 N–H and O–H groups in total. The van der Waals surface area contributed by atoms with Crippen molar-refractivity contribution in [1.29, 1.82) is 0 Å². The zero-order valence-electron chi connectivity index (χ0n) is 9.80. The Morgan fingerprint density at radius 1 is 1.40 bits per heavy atom. The zero-order valence-corrected chi connectivity index (χ0v) is 9.80. The third-order valence-electron chi connectivity index (χ3n) is 1.92. The Hall–Kier alpha value is -2.00. The van der Waals surface area contributed by atoms with E-state index in [-0.39, 0.29) is 12.7 Å². The lowest BCUT2D eigenvalue weighted by molar-refractivity contribution is -0.276. The summed E-state index contributed by atoms with van der Waals surface area (Å²) >= 11 is 0. The van der Waals surface area contributed by atoms with Gasteiger partial charge in [-0.2, -0.15) is 9.37 Å². The third kappa shape index (κ3) is 4.00. The second kappa shape index (κ2) is 5.97. The number of carbonyl (C=O) groups is 1. The minimum absolute atomic E-state index is 0.132. The molecule has 0 aliphatic carbocycles. The molecule has 1 heterocycles. The molecule has 0 amide bonds. The lowest BCUT2D eigenvalue weighted by Crippen LogP contribution is -2.20. The maximum Gasteiger partial charge on any atom is 0.574 e. The Kier molecular flexibility index (Phi) is 4.79. The van der Waals surface area contributed by atoms with Crippen molar-refractivity contribution in [2.24, 2.45) is 0 Å². The van der Waals surface area contributed by atoms with Crippen LogP contribution in [0.25, 0.3) is 0 Å². The van der Waals surface area contributed by atoms with Gasteiger partial charge in [0.15, 0.2) is 0 Å². The molecule has 1 aromatic heterocycles. The first-order chi connectivity index (χ1) is 9.15. The molecule has 10 heteroatoms. The van der Waals surface area contributed by atoms with Crippen LogP contribution in [0.4, 0.5) is 26.3 Å².